The largest absolute Gasteiger partial charge is 0.481 e. The van der Waals surface area contributed by atoms with Crippen LogP contribution in [0.1, 0.15) is 67.5 Å². The van der Waals surface area contributed by atoms with Crippen LogP contribution in [-0.4, -0.2) is 33.0 Å². The van der Waals surface area contributed by atoms with Crippen LogP contribution in [0.4, 0.5) is 0 Å². The lowest BCUT2D eigenvalue weighted by molar-refractivity contribution is -0.137. The molecule has 0 aliphatic heterocycles. The Bertz CT molecular complexity index is 524. The normalized spacial score (nSPS) is 16.7. The van der Waals surface area contributed by atoms with Crippen molar-refractivity contribution in [3.63, 3.8) is 0 Å². The molecule has 1 unspecified atom stereocenters. The zero-order chi connectivity index (χ0) is 16.7. The van der Waals surface area contributed by atoms with Crippen LogP contribution in [0.25, 0.3) is 0 Å². The molecule has 0 saturated heterocycles. The van der Waals surface area contributed by atoms with Gasteiger partial charge in [0, 0.05) is 18.7 Å². The molecule has 2 N–H and O–H groups in total. The lowest BCUT2D eigenvalue weighted by Gasteiger charge is -2.27. The number of amides is 1. The summed E-state index contributed by atoms with van der Waals surface area (Å²) in [7, 11) is 0. The number of aliphatic carboxylic acids is 1. The average molecular weight is 319 g/mol. The van der Waals surface area contributed by atoms with Crippen molar-refractivity contribution < 1.29 is 14.7 Å². The molecule has 1 aromatic heterocycles. The first kappa shape index (κ1) is 17.4. The van der Waals surface area contributed by atoms with Crippen LogP contribution in [0, 0.1) is 12.8 Å². The molecular formula is C17H25N3O3. The molecule has 1 aromatic rings. The number of carboxylic acid groups (broad SMARTS) is 1. The van der Waals surface area contributed by atoms with Crippen LogP contribution >= 0.6 is 0 Å². The topological polar surface area (TPSA) is 92.2 Å². The van der Waals surface area contributed by atoms with E-state index in [9.17, 15) is 9.59 Å². The van der Waals surface area contributed by atoms with E-state index < -0.39 is 5.97 Å². The molecule has 2 rings (SSSR count). The van der Waals surface area contributed by atoms with Crippen molar-refractivity contribution in [1.29, 1.82) is 0 Å². The average Bonchev–Trinajstić information content (AvgIpc) is 2.54. The summed E-state index contributed by atoms with van der Waals surface area (Å²) in [5.74, 6) is -0.529. The van der Waals surface area contributed by atoms with E-state index in [1.807, 2.05) is 6.92 Å². The first-order valence-corrected chi connectivity index (χ1v) is 8.36. The molecule has 1 atom stereocenters. The Kier molecular flexibility index (Phi) is 6.50. The number of rotatable bonds is 7. The zero-order valence-electron chi connectivity index (χ0n) is 13.6. The number of aromatic nitrogens is 2. The molecular weight excluding hydrogens is 294 g/mol. The van der Waals surface area contributed by atoms with Crippen molar-refractivity contribution >= 4 is 11.9 Å². The lowest BCUT2D eigenvalue weighted by Crippen LogP contribution is -2.37. The summed E-state index contributed by atoms with van der Waals surface area (Å²) < 4.78 is 0. The fourth-order valence-electron chi connectivity index (χ4n) is 3.14. The van der Waals surface area contributed by atoms with Crippen LogP contribution in [0.5, 0.6) is 0 Å². The SMILES string of the molecule is Cc1cnc(C(=O)NC(CCC(=O)O)CC2CCCCC2)cn1. The maximum Gasteiger partial charge on any atom is 0.303 e. The van der Waals surface area contributed by atoms with Gasteiger partial charge in [-0.25, -0.2) is 4.98 Å². The van der Waals surface area contributed by atoms with Crippen molar-refractivity contribution in [2.75, 3.05) is 0 Å². The van der Waals surface area contributed by atoms with Gasteiger partial charge in [0.25, 0.3) is 5.91 Å². The summed E-state index contributed by atoms with van der Waals surface area (Å²) in [6, 6.07) is -0.121. The Balaban J connectivity index is 1.95. The first-order valence-electron chi connectivity index (χ1n) is 8.36. The summed E-state index contributed by atoms with van der Waals surface area (Å²) in [6.45, 7) is 1.81. The minimum absolute atomic E-state index is 0.0667. The van der Waals surface area contributed by atoms with Gasteiger partial charge in [0.2, 0.25) is 0 Å². The molecule has 0 spiro atoms. The summed E-state index contributed by atoms with van der Waals surface area (Å²) >= 11 is 0. The summed E-state index contributed by atoms with van der Waals surface area (Å²) in [5.41, 5.74) is 1.03. The Morgan fingerprint density at radius 3 is 2.61 bits per heavy atom. The van der Waals surface area contributed by atoms with E-state index in [0.29, 0.717) is 12.3 Å². The van der Waals surface area contributed by atoms with Gasteiger partial charge in [0.1, 0.15) is 5.69 Å². The van der Waals surface area contributed by atoms with Gasteiger partial charge < -0.3 is 10.4 Å². The Labute approximate surface area is 136 Å². The van der Waals surface area contributed by atoms with E-state index in [2.05, 4.69) is 15.3 Å². The predicted molar refractivity (Wildman–Crippen MR) is 86.1 cm³/mol. The number of carbonyl (C=O) groups excluding carboxylic acids is 1. The van der Waals surface area contributed by atoms with Gasteiger partial charge in [-0.1, -0.05) is 32.1 Å². The molecule has 23 heavy (non-hydrogen) atoms. The highest BCUT2D eigenvalue weighted by molar-refractivity contribution is 5.92. The quantitative estimate of drug-likeness (QED) is 0.806. The number of hydrogen-bond donors (Lipinski definition) is 2. The van der Waals surface area contributed by atoms with Gasteiger partial charge in [-0.2, -0.15) is 0 Å². The molecule has 0 bridgehead atoms. The van der Waals surface area contributed by atoms with Crippen LogP contribution in [0.3, 0.4) is 0 Å². The highest BCUT2D eigenvalue weighted by Crippen LogP contribution is 2.28. The summed E-state index contributed by atoms with van der Waals surface area (Å²) in [5, 5.41) is 11.9. The van der Waals surface area contributed by atoms with Gasteiger partial charge >= 0.3 is 5.97 Å². The molecule has 0 aromatic carbocycles. The van der Waals surface area contributed by atoms with Crippen molar-refractivity contribution in [2.24, 2.45) is 5.92 Å². The van der Waals surface area contributed by atoms with Gasteiger partial charge in [-0.15, -0.1) is 0 Å². The van der Waals surface area contributed by atoms with Crippen molar-refractivity contribution in [1.82, 2.24) is 15.3 Å². The van der Waals surface area contributed by atoms with E-state index in [4.69, 9.17) is 5.11 Å². The second-order valence-electron chi connectivity index (χ2n) is 6.39. The van der Waals surface area contributed by atoms with E-state index in [1.54, 1.807) is 6.20 Å². The van der Waals surface area contributed by atoms with Crippen LogP contribution in [-0.2, 0) is 4.79 Å². The maximum atomic E-state index is 12.3. The number of nitrogens with zero attached hydrogens (tertiary/aromatic N) is 2. The highest BCUT2D eigenvalue weighted by Gasteiger charge is 2.22. The number of carbonyl (C=O) groups is 2. The van der Waals surface area contributed by atoms with Gasteiger partial charge in [-0.05, 0) is 25.7 Å². The van der Waals surface area contributed by atoms with Gasteiger partial charge in [0.05, 0.1) is 11.9 Å². The molecule has 1 aliphatic rings. The van der Waals surface area contributed by atoms with Crippen molar-refractivity contribution in [3.8, 4) is 0 Å². The summed E-state index contributed by atoms with van der Waals surface area (Å²) in [6.07, 6.45) is 10.5. The number of nitrogens with one attached hydrogen (secondary N) is 1. The molecule has 6 heteroatoms. The Morgan fingerprint density at radius 1 is 1.26 bits per heavy atom. The molecule has 1 amide bonds. The number of carboxylic acids is 1. The van der Waals surface area contributed by atoms with Gasteiger partial charge in [-0.3, -0.25) is 14.6 Å². The maximum absolute atomic E-state index is 12.3. The smallest absolute Gasteiger partial charge is 0.303 e. The van der Waals surface area contributed by atoms with E-state index >= 15 is 0 Å². The minimum Gasteiger partial charge on any atom is -0.481 e. The number of aryl methyl sites for hydroxylation is 1. The minimum atomic E-state index is -0.831. The summed E-state index contributed by atoms with van der Waals surface area (Å²) in [4.78, 5) is 31.3. The van der Waals surface area contributed by atoms with E-state index in [0.717, 1.165) is 12.1 Å². The molecule has 1 saturated carbocycles. The van der Waals surface area contributed by atoms with Crippen LogP contribution in [0.2, 0.25) is 0 Å². The Morgan fingerprint density at radius 2 is 2.00 bits per heavy atom. The third-order valence-corrected chi connectivity index (χ3v) is 4.40. The third kappa shape index (κ3) is 5.96. The van der Waals surface area contributed by atoms with Crippen LogP contribution < -0.4 is 5.32 Å². The van der Waals surface area contributed by atoms with E-state index in [-0.39, 0.29) is 24.1 Å². The molecule has 1 fully saturated rings. The monoisotopic (exact) mass is 319 g/mol. The molecule has 6 nitrogen and oxygen atoms in total. The van der Waals surface area contributed by atoms with Crippen LogP contribution in [0.15, 0.2) is 12.4 Å². The third-order valence-electron chi connectivity index (χ3n) is 4.40. The Hall–Kier alpha value is -1.98. The van der Waals surface area contributed by atoms with Gasteiger partial charge in [0.15, 0.2) is 0 Å². The predicted octanol–water partition coefficient (Wildman–Crippen LogP) is 2.72. The fourth-order valence-corrected chi connectivity index (χ4v) is 3.14. The molecule has 1 aliphatic carbocycles. The highest BCUT2D eigenvalue weighted by atomic mass is 16.4. The second kappa shape index (κ2) is 8.60. The van der Waals surface area contributed by atoms with Crippen molar-refractivity contribution in [3.05, 3.63) is 23.8 Å². The molecule has 1 heterocycles. The number of hydrogen-bond acceptors (Lipinski definition) is 4. The van der Waals surface area contributed by atoms with E-state index in [1.165, 1.54) is 38.3 Å². The molecule has 126 valence electrons. The zero-order valence-corrected chi connectivity index (χ0v) is 13.6. The standard InChI is InChI=1S/C17H25N3O3/c1-12-10-19-15(11-18-12)17(23)20-14(7-8-16(21)22)9-13-5-3-2-4-6-13/h10-11,13-14H,2-9H2,1H3,(H,20,23)(H,21,22). The van der Waals surface area contributed by atoms with Crippen molar-refractivity contribution in [2.45, 2.75) is 64.3 Å². The fraction of sp³-hybridized carbons (Fsp3) is 0.647. The second-order valence-corrected chi connectivity index (χ2v) is 6.39. The molecule has 0 radical (unpaired) electrons. The lowest BCUT2D eigenvalue weighted by atomic mass is 9.84. The first-order chi connectivity index (χ1) is 11.0.